The van der Waals surface area contributed by atoms with Crippen LogP contribution >= 0.6 is 11.6 Å². The maximum Gasteiger partial charge on any atom is 0.122 e. The average Bonchev–Trinajstić information content (AvgIpc) is 2.29. The monoisotopic (exact) mass is 255 g/mol. The van der Waals surface area contributed by atoms with Gasteiger partial charge in [0, 0.05) is 11.1 Å². The van der Waals surface area contributed by atoms with Gasteiger partial charge >= 0.3 is 0 Å². The van der Waals surface area contributed by atoms with Crippen LogP contribution in [0.1, 0.15) is 25.8 Å². The first-order chi connectivity index (χ1) is 8.08. The van der Waals surface area contributed by atoms with Crippen LogP contribution in [0.2, 0.25) is 5.02 Å². The Morgan fingerprint density at radius 3 is 2.59 bits per heavy atom. The summed E-state index contributed by atoms with van der Waals surface area (Å²) in [4.78, 5) is 0. The van der Waals surface area contributed by atoms with Gasteiger partial charge in [0.2, 0.25) is 0 Å². The van der Waals surface area contributed by atoms with Gasteiger partial charge in [-0.05, 0) is 49.6 Å². The first kappa shape index (κ1) is 14.3. The van der Waals surface area contributed by atoms with Crippen molar-refractivity contribution < 1.29 is 4.74 Å². The van der Waals surface area contributed by atoms with Crippen molar-refractivity contribution in [3.05, 3.63) is 28.8 Å². The molecule has 0 spiro atoms. The quantitative estimate of drug-likeness (QED) is 0.840. The number of methoxy groups -OCH3 is 1. The van der Waals surface area contributed by atoms with E-state index in [9.17, 15) is 0 Å². The van der Waals surface area contributed by atoms with E-state index in [0.717, 1.165) is 23.6 Å². The summed E-state index contributed by atoms with van der Waals surface area (Å²) < 4.78 is 5.35. The van der Waals surface area contributed by atoms with Gasteiger partial charge in [0.15, 0.2) is 0 Å². The molecule has 1 unspecified atom stereocenters. The van der Waals surface area contributed by atoms with E-state index >= 15 is 0 Å². The van der Waals surface area contributed by atoms with Gasteiger partial charge in [0.05, 0.1) is 7.11 Å². The minimum Gasteiger partial charge on any atom is -0.496 e. The normalized spacial score (nSPS) is 12.8. The Hall–Kier alpha value is -0.730. The largest absolute Gasteiger partial charge is 0.496 e. The maximum atomic E-state index is 6.01. The lowest BCUT2D eigenvalue weighted by Gasteiger charge is -2.20. The lowest BCUT2D eigenvalue weighted by atomic mass is 9.96. The molecular weight excluding hydrogens is 234 g/mol. The van der Waals surface area contributed by atoms with Crippen LogP contribution in [0.4, 0.5) is 0 Å². The molecule has 1 rings (SSSR count). The van der Waals surface area contributed by atoms with Crippen LogP contribution in [-0.2, 0) is 6.42 Å². The van der Waals surface area contributed by atoms with Gasteiger partial charge in [-0.3, -0.25) is 0 Å². The molecule has 1 atom stereocenters. The molecule has 1 aromatic carbocycles. The van der Waals surface area contributed by atoms with E-state index in [4.69, 9.17) is 16.3 Å². The van der Waals surface area contributed by atoms with Crippen LogP contribution in [0, 0.1) is 5.92 Å². The van der Waals surface area contributed by atoms with Gasteiger partial charge in [-0.25, -0.2) is 0 Å². The summed E-state index contributed by atoms with van der Waals surface area (Å²) in [6, 6.07) is 6.32. The molecule has 1 aromatic rings. The first-order valence-corrected chi connectivity index (χ1v) is 6.46. The number of halogens is 1. The summed E-state index contributed by atoms with van der Waals surface area (Å²) in [5, 5.41) is 4.12. The molecule has 17 heavy (non-hydrogen) atoms. The van der Waals surface area contributed by atoms with E-state index in [1.54, 1.807) is 7.11 Å². The van der Waals surface area contributed by atoms with Gasteiger partial charge < -0.3 is 10.1 Å². The van der Waals surface area contributed by atoms with Gasteiger partial charge in [0.25, 0.3) is 0 Å². The van der Waals surface area contributed by atoms with Gasteiger partial charge in [-0.2, -0.15) is 0 Å². The number of benzene rings is 1. The Bertz CT molecular complexity index is 352. The fraction of sp³-hybridized carbons (Fsp3) is 0.571. The van der Waals surface area contributed by atoms with Crippen LogP contribution < -0.4 is 10.1 Å². The minimum atomic E-state index is 0.527. The van der Waals surface area contributed by atoms with Crippen LogP contribution in [-0.4, -0.2) is 20.2 Å². The van der Waals surface area contributed by atoms with Crippen LogP contribution in [0.15, 0.2) is 18.2 Å². The molecule has 0 aliphatic carbocycles. The minimum absolute atomic E-state index is 0.527. The van der Waals surface area contributed by atoms with E-state index in [0.29, 0.717) is 12.0 Å². The first-order valence-electron chi connectivity index (χ1n) is 6.08. The fourth-order valence-corrected chi connectivity index (χ4v) is 2.26. The van der Waals surface area contributed by atoms with Crippen molar-refractivity contribution in [1.82, 2.24) is 5.32 Å². The highest BCUT2D eigenvalue weighted by atomic mass is 35.5. The molecule has 0 bridgehead atoms. The van der Waals surface area contributed by atoms with Gasteiger partial charge in [0.1, 0.15) is 5.75 Å². The highest BCUT2D eigenvalue weighted by molar-refractivity contribution is 6.30. The van der Waals surface area contributed by atoms with Crippen molar-refractivity contribution in [3.63, 3.8) is 0 Å². The molecule has 0 amide bonds. The zero-order valence-electron chi connectivity index (χ0n) is 11.1. The molecule has 0 saturated carbocycles. The number of hydrogen-bond donors (Lipinski definition) is 1. The predicted molar refractivity (Wildman–Crippen MR) is 74.0 cm³/mol. The molecule has 0 aromatic heterocycles. The third-order valence-corrected chi connectivity index (χ3v) is 3.38. The number of ether oxygens (including phenoxy) is 1. The van der Waals surface area contributed by atoms with Gasteiger partial charge in [-0.1, -0.05) is 25.4 Å². The molecular formula is C14H22ClNO. The lowest BCUT2D eigenvalue weighted by molar-refractivity contribution is 0.389. The van der Waals surface area contributed by atoms with E-state index in [-0.39, 0.29) is 0 Å². The molecule has 1 N–H and O–H groups in total. The van der Waals surface area contributed by atoms with Crippen molar-refractivity contribution in [3.8, 4) is 5.75 Å². The molecule has 96 valence electrons. The Kier molecular flexibility index (Phi) is 5.79. The van der Waals surface area contributed by atoms with Gasteiger partial charge in [-0.15, -0.1) is 0 Å². The van der Waals surface area contributed by atoms with Crippen LogP contribution in [0.25, 0.3) is 0 Å². The number of hydrogen-bond acceptors (Lipinski definition) is 2. The van der Waals surface area contributed by atoms with E-state index in [1.807, 2.05) is 25.2 Å². The van der Waals surface area contributed by atoms with E-state index < -0.39 is 0 Å². The Labute approximate surface area is 109 Å². The highest BCUT2D eigenvalue weighted by Gasteiger charge is 2.12. The van der Waals surface area contributed by atoms with E-state index in [1.165, 1.54) is 5.56 Å². The lowest BCUT2D eigenvalue weighted by Crippen LogP contribution is -2.31. The smallest absolute Gasteiger partial charge is 0.122 e. The Balaban J connectivity index is 2.70. The second kappa shape index (κ2) is 6.87. The zero-order chi connectivity index (χ0) is 12.8. The third-order valence-electron chi connectivity index (χ3n) is 3.14. The SMILES string of the molecule is CNC(CCc1cc(Cl)ccc1OC)C(C)C. The summed E-state index contributed by atoms with van der Waals surface area (Å²) in [5.41, 5.74) is 1.18. The molecule has 2 nitrogen and oxygen atoms in total. The summed E-state index contributed by atoms with van der Waals surface area (Å²) in [7, 11) is 3.71. The summed E-state index contributed by atoms with van der Waals surface area (Å²) in [6.07, 6.45) is 2.07. The number of rotatable bonds is 6. The van der Waals surface area contributed by atoms with E-state index in [2.05, 4.69) is 19.2 Å². The molecule has 0 aliphatic heterocycles. The summed E-state index contributed by atoms with van der Waals surface area (Å²) in [6.45, 7) is 4.47. The third kappa shape index (κ3) is 4.21. The summed E-state index contributed by atoms with van der Waals surface area (Å²) >= 11 is 6.01. The van der Waals surface area contributed by atoms with Crippen molar-refractivity contribution in [2.24, 2.45) is 5.92 Å². The maximum absolute atomic E-state index is 6.01. The molecule has 0 fully saturated rings. The predicted octanol–water partition coefficient (Wildman–Crippen LogP) is 3.53. The number of aryl methyl sites for hydroxylation is 1. The Morgan fingerprint density at radius 1 is 1.35 bits per heavy atom. The second-order valence-electron chi connectivity index (χ2n) is 4.63. The molecule has 0 radical (unpaired) electrons. The summed E-state index contributed by atoms with van der Waals surface area (Å²) in [5.74, 6) is 1.55. The van der Waals surface area contributed by atoms with Crippen molar-refractivity contribution >= 4 is 11.6 Å². The second-order valence-corrected chi connectivity index (χ2v) is 5.07. The fourth-order valence-electron chi connectivity index (χ4n) is 2.06. The number of nitrogens with one attached hydrogen (secondary N) is 1. The molecule has 0 aliphatic rings. The average molecular weight is 256 g/mol. The molecule has 0 heterocycles. The molecule has 3 heteroatoms. The topological polar surface area (TPSA) is 21.3 Å². The van der Waals surface area contributed by atoms with Crippen LogP contribution in [0.3, 0.4) is 0 Å². The Morgan fingerprint density at radius 2 is 2.06 bits per heavy atom. The van der Waals surface area contributed by atoms with Crippen LogP contribution in [0.5, 0.6) is 5.75 Å². The standard InChI is InChI=1S/C14H22ClNO/c1-10(2)13(16-3)7-5-11-9-12(15)6-8-14(11)17-4/h6,8-10,13,16H,5,7H2,1-4H3. The zero-order valence-corrected chi connectivity index (χ0v) is 11.8. The highest BCUT2D eigenvalue weighted by Crippen LogP contribution is 2.24. The molecule has 0 saturated heterocycles. The van der Waals surface area contributed by atoms with Crippen molar-refractivity contribution in [2.75, 3.05) is 14.2 Å². The van der Waals surface area contributed by atoms with Crippen molar-refractivity contribution in [2.45, 2.75) is 32.7 Å². The van der Waals surface area contributed by atoms with Crippen molar-refractivity contribution in [1.29, 1.82) is 0 Å².